The number of nitrogens with zero attached hydrogens (tertiary/aromatic N) is 2. The summed E-state index contributed by atoms with van der Waals surface area (Å²) < 4.78 is 1.64. The molecule has 0 bridgehead atoms. The van der Waals surface area contributed by atoms with Gasteiger partial charge in [0.05, 0.1) is 4.92 Å². The van der Waals surface area contributed by atoms with Gasteiger partial charge in [-0.25, -0.2) is 4.79 Å². The van der Waals surface area contributed by atoms with Crippen LogP contribution < -0.4 is 5.32 Å². The zero-order valence-corrected chi connectivity index (χ0v) is 12.8. The van der Waals surface area contributed by atoms with E-state index in [9.17, 15) is 24.8 Å². The van der Waals surface area contributed by atoms with Crippen LogP contribution in [-0.2, 0) is 16.1 Å². The topological polar surface area (TPSA) is 114 Å². The number of carboxylic acid groups (broad SMARTS) is 1. The molecule has 1 amide bonds. The Bertz CT molecular complexity index is 809. The molecule has 2 N–H and O–H groups in total. The van der Waals surface area contributed by atoms with Crippen molar-refractivity contribution in [3.05, 3.63) is 40.6 Å². The van der Waals surface area contributed by atoms with Gasteiger partial charge >= 0.3 is 5.97 Å². The quantitative estimate of drug-likeness (QED) is 0.594. The van der Waals surface area contributed by atoms with E-state index in [2.05, 4.69) is 5.32 Å². The molecule has 0 saturated heterocycles. The van der Waals surface area contributed by atoms with Gasteiger partial charge in [0.2, 0.25) is 5.91 Å². The molecule has 1 saturated carbocycles. The van der Waals surface area contributed by atoms with Crippen LogP contribution >= 0.6 is 0 Å². The van der Waals surface area contributed by atoms with Gasteiger partial charge in [-0.1, -0.05) is 12.8 Å². The van der Waals surface area contributed by atoms with Crippen LogP contribution in [-0.4, -0.2) is 32.5 Å². The Labute approximate surface area is 137 Å². The average molecular weight is 331 g/mol. The second-order valence-electron chi connectivity index (χ2n) is 6.08. The number of aromatic nitrogens is 1. The van der Waals surface area contributed by atoms with E-state index < -0.39 is 16.9 Å². The van der Waals surface area contributed by atoms with Gasteiger partial charge in [0.25, 0.3) is 5.69 Å². The second-order valence-corrected chi connectivity index (χ2v) is 6.08. The predicted molar refractivity (Wildman–Crippen MR) is 85.5 cm³/mol. The molecular weight excluding hydrogens is 314 g/mol. The van der Waals surface area contributed by atoms with Crippen LogP contribution in [0.3, 0.4) is 0 Å². The minimum absolute atomic E-state index is 0.0138. The van der Waals surface area contributed by atoms with Gasteiger partial charge in [-0.05, 0) is 24.5 Å². The number of carbonyl (C=O) groups is 2. The first-order valence-corrected chi connectivity index (χ1v) is 7.69. The third-order valence-corrected chi connectivity index (χ3v) is 4.18. The van der Waals surface area contributed by atoms with Crippen molar-refractivity contribution >= 4 is 28.5 Å². The Kier molecular flexibility index (Phi) is 4.20. The van der Waals surface area contributed by atoms with Gasteiger partial charge in [0.15, 0.2) is 0 Å². The normalized spacial score (nSPS) is 15.2. The van der Waals surface area contributed by atoms with E-state index in [1.165, 1.54) is 12.1 Å². The Morgan fingerprint density at radius 1 is 1.38 bits per heavy atom. The minimum Gasteiger partial charge on any atom is -0.480 e. The van der Waals surface area contributed by atoms with Crippen molar-refractivity contribution in [3.63, 3.8) is 0 Å². The number of amides is 1. The summed E-state index contributed by atoms with van der Waals surface area (Å²) in [6.45, 7) is -0.0320. The fourth-order valence-corrected chi connectivity index (χ4v) is 2.74. The number of rotatable bonds is 7. The molecule has 0 spiro atoms. The lowest BCUT2D eigenvalue weighted by molar-refractivity contribution is -0.384. The maximum atomic E-state index is 12.1. The molecule has 24 heavy (non-hydrogen) atoms. The summed E-state index contributed by atoms with van der Waals surface area (Å²) in [5.74, 6) is -1.03. The summed E-state index contributed by atoms with van der Waals surface area (Å²) in [5.41, 5.74) is 0.671. The molecule has 1 aromatic carbocycles. The molecule has 8 heteroatoms. The second kappa shape index (κ2) is 6.31. The zero-order chi connectivity index (χ0) is 17.3. The summed E-state index contributed by atoms with van der Waals surface area (Å²) in [4.78, 5) is 33.7. The third kappa shape index (κ3) is 3.53. The number of nitro groups is 1. The summed E-state index contributed by atoms with van der Waals surface area (Å²) in [5, 5.41) is 23.2. The summed E-state index contributed by atoms with van der Waals surface area (Å²) in [6.07, 6.45) is 4.14. The van der Waals surface area contributed by atoms with E-state index in [1.54, 1.807) is 22.9 Å². The molecule has 1 heterocycles. The Morgan fingerprint density at radius 2 is 2.12 bits per heavy atom. The number of benzene rings is 1. The maximum Gasteiger partial charge on any atom is 0.326 e. The molecule has 0 radical (unpaired) electrons. The van der Waals surface area contributed by atoms with E-state index in [1.807, 2.05) is 0 Å². The first-order chi connectivity index (χ1) is 11.4. The van der Waals surface area contributed by atoms with E-state index in [0.29, 0.717) is 23.2 Å². The van der Waals surface area contributed by atoms with Crippen LogP contribution in [0.5, 0.6) is 0 Å². The molecular formula is C16H17N3O5. The van der Waals surface area contributed by atoms with E-state index >= 15 is 0 Å². The molecule has 1 fully saturated rings. The van der Waals surface area contributed by atoms with Crippen LogP contribution in [0.25, 0.3) is 10.9 Å². The van der Waals surface area contributed by atoms with Crippen molar-refractivity contribution < 1.29 is 19.6 Å². The van der Waals surface area contributed by atoms with Gasteiger partial charge in [-0.3, -0.25) is 14.9 Å². The molecule has 1 atom stereocenters. The number of aliphatic carboxylic acids is 1. The Morgan fingerprint density at radius 3 is 2.75 bits per heavy atom. The first-order valence-electron chi connectivity index (χ1n) is 7.69. The Balaban J connectivity index is 1.70. The lowest BCUT2D eigenvalue weighted by atomic mass is 10.1. The smallest absolute Gasteiger partial charge is 0.326 e. The number of hydrogen-bond acceptors (Lipinski definition) is 4. The summed E-state index contributed by atoms with van der Waals surface area (Å²) in [6, 6.07) is 5.22. The van der Waals surface area contributed by atoms with Gasteiger partial charge in [-0.15, -0.1) is 0 Å². The summed E-state index contributed by atoms with van der Waals surface area (Å²) in [7, 11) is 0. The highest BCUT2D eigenvalue weighted by Gasteiger charge is 2.30. The number of fused-ring (bicyclic) bond motifs is 1. The van der Waals surface area contributed by atoms with E-state index in [4.69, 9.17) is 0 Å². The third-order valence-electron chi connectivity index (χ3n) is 4.18. The number of non-ortho nitro benzene ring substituents is 1. The predicted octanol–water partition coefficient (Wildman–Crippen LogP) is 1.92. The molecule has 1 aliphatic rings. The Hall–Kier alpha value is -2.90. The number of hydrogen-bond donors (Lipinski definition) is 2. The summed E-state index contributed by atoms with van der Waals surface area (Å²) >= 11 is 0. The van der Waals surface area contributed by atoms with Crippen molar-refractivity contribution in [3.8, 4) is 0 Å². The molecule has 126 valence electrons. The SMILES string of the molecule is O=C(Cn1ccc2cc([N+](=O)[O-])ccc21)NC(CC1CC1)C(=O)O. The highest BCUT2D eigenvalue weighted by atomic mass is 16.6. The van der Waals surface area contributed by atoms with Gasteiger partial charge in [0.1, 0.15) is 12.6 Å². The van der Waals surface area contributed by atoms with Crippen molar-refractivity contribution in [2.45, 2.75) is 31.8 Å². The average Bonchev–Trinajstić information content (AvgIpc) is 3.26. The molecule has 2 aromatic rings. The van der Waals surface area contributed by atoms with Crippen molar-refractivity contribution in [2.75, 3.05) is 0 Å². The number of carboxylic acids is 1. The molecule has 8 nitrogen and oxygen atoms in total. The number of nitro benzene ring substituents is 1. The van der Waals surface area contributed by atoms with E-state index in [0.717, 1.165) is 12.8 Å². The molecule has 0 aliphatic heterocycles. The molecule has 1 unspecified atom stereocenters. The molecule has 3 rings (SSSR count). The van der Waals surface area contributed by atoms with Gasteiger partial charge < -0.3 is 15.0 Å². The van der Waals surface area contributed by atoms with Crippen LogP contribution in [0.2, 0.25) is 0 Å². The number of nitrogens with one attached hydrogen (secondary N) is 1. The number of carbonyl (C=O) groups excluding carboxylic acids is 1. The van der Waals surface area contributed by atoms with Crippen LogP contribution in [0.15, 0.2) is 30.5 Å². The van der Waals surface area contributed by atoms with Crippen molar-refractivity contribution in [1.29, 1.82) is 0 Å². The van der Waals surface area contributed by atoms with E-state index in [-0.39, 0.29) is 18.1 Å². The highest BCUT2D eigenvalue weighted by Crippen LogP contribution is 2.33. The van der Waals surface area contributed by atoms with Crippen LogP contribution in [0.4, 0.5) is 5.69 Å². The zero-order valence-electron chi connectivity index (χ0n) is 12.8. The lowest BCUT2D eigenvalue weighted by Crippen LogP contribution is -2.42. The lowest BCUT2D eigenvalue weighted by Gasteiger charge is -2.14. The molecule has 1 aromatic heterocycles. The monoisotopic (exact) mass is 331 g/mol. The van der Waals surface area contributed by atoms with Gasteiger partial charge in [0, 0.05) is 29.2 Å². The first kappa shape index (κ1) is 16.0. The van der Waals surface area contributed by atoms with Crippen LogP contribution in [0.1, 0.15) is 19.3 Å². The highest BCUT2D eigenvalue weighted by molar-refractivity contribution is 5.86. The minimum atomic E-state index is -1.02. The van der Waals surface area contributed by atoms with Crippen LogP contribution in [0, 0.1) is 16.0 Å². The van der Waals surface area contributed by atoms with Crippen molar-refractivity contribution in [2.24, 2.45) is 5.92 Å². The largest absolute Gasteiger partial charge is 0.480 e. The fraction of sp³-hybridized carbons (Fsp3) is 0.375. The van der Waals surface area contributed by atoms with Crippen molar-refractivity contribution in [1.82, 2.24) is 9.88 Å². The maximum absolute atomic E-state index is 12.1. The standard InChI is InChI=1S/C16H17N3O5/c20-15(17-13(16(21)22)7-10-1-2-10)9-18-6-5-11-8-12(19(23)24)3-4-14(11)18/h3-6,8,10,13H,1-2,7,9H2,(H,17,20)(H,21,22). The van der Waals surface area contributed by atoms with Gasteiger partial charge in [-0.2, -0.15) is 0 Å². The fourth-order valence-electron chi connectivity index (χ4n) is 2.74. The molecule has 1 aliphatic carbocycles.